The van der Waals surface area contributed by atoms with E-state index in [0.717, 1.165) is 16.1 Å². The highest BCUT2D eigenvalue weighted by molar-refractivity contribution is 7.10. The third kappa shape index (κ3) is 1.47. The molecule has 2 N–H and O–H groups in total. The number of thiophene rings is 1. The first-order valence-electron chi connectivity index (χ1n) is 5.81. The number of carbonyl (C=O) groups is 1. The first-order chi connectivity index (χ1) is 9.34. The number of amides is 1. The highest BCUT2D eigenvalue weighted by atomic mass is 32.1. The lowest BCUT2D eigenvalue weighted by atomic mass is 10.1. The Kier molecular flexibility index (Phi) is 2.13. The number of nitrogens with one attached hydrogen (secondary N) is 2. The molecule has 1 amide bonds. The maximum atomic E-state index is 11.9. The van der Waals surface area contributed by atoms with Crippen LogP contribution in [0.3, 0.4) is 0 Å². The average molecular weight is 271 g/mol. The van der Waals surface area contributed by atoms with Gasteiger partial charge in [-0.3, -0.25) is 9.89 Å². The predicted octanol–water partition coefficient (Wildman–Crippen LogP) is 2.56. The van der Waals surface area contributed by atoms with Crippen molar-refractivity contribution in [3.05, 3.63) is 52.0 Å². The summed E-state index contributed by atoms with van der Waals surface area (Å²) in [6.45, 7) is 0. The van der Waals surface area contributed by atoms with Gasteiger partial charge in [-0.05, 0) is 23.6 Å². The number of nitrogens with zero attached hydrogens (tertiary/aromatic N) is 1. The summed E-state index contributed by atoms with van der Waals surface area (Å²) < 4.78 is 5.40. The molecule has 0 fully saturated rings. The highest BCUT2D eigenvalue weighted by Gasteiger charge is 2.36. The molecule has 0 spiro atoms. The van der Waals surface area contributed by atoms with Crippen LogP contribution in [0.25, 0.3) is 11.5 Å². The van der Waals surface area contributed by atoms with E-state index in [-0.39, 0.29) is 11.9 Å². The van der Waals surface area contributed by atoms with Gasteiger partial charge in [0.05, 0.1) is 12.3 Å². The molecule has 0 saturated heterocycles. The van der Waals surface area contributed by atoms with Crippen molar-refractivity contribution in [3.63, 3.8) is 0 Å². The molecule has 0 aliphatic carbocycles. The summed E-state index contributed by atoms with van der Waals surface area (Å²) in [6.07, 6.45) is 1.60. The van der Waals surface area contributed by atoms with E-state index < -0.39 is 0 Å². The van der Waals surface area contributed by atoms with Gasteiger partial charge in [0.1, 0.15) is 5.69 Å². The summed E-state index contributed by atoms with van der Waals surface area (Å²) in [5, 5.41) is 11.9. The fourth-order valence-corrected chi connectivity index (χ4v) is 3.14. The van der Waals surface area contributed by atoms with Crippen molar-refractivity contribution in [3.8, 4) is 11.5 Å². The molecule has 4 heterocycles. The summed E-state index contributed by atoms with van der Waals surface area (Å²) >= 11 is 1.61. The van der Waals surface area contributed by atoms with Crippen LogP contribution >= 0.6 is 11.3 Å². The van der Waals surface area contributed by atoms with Crippen molar-refractivity contribution in [1.82, 2.24) is 15.5 Å². The van der Waals surface area contributed by atoms with Crippen molar-refractivity contribution in [2.24, 2.45) is 0 Å². The van der Waals surface area contributed by atoms with Crippen molar-refractivity contribution in [1.29, 1.82) is 0 Å². The topological polar surface area (TPSA) is 70.9 Å². The molecule has 0 saturated carbocycles. The molecule has 5 nitrogen and oxygen atoms in total. The van der Waals surface area contributed by atoms with E-state index in [0.29, 0.717) is 11.5 Å². The monoisotopic (exact) mass is 271 g/mol. The standard InChI is InChI=1S/C13H9N3O2S/c17-13-12-9(11(14-13)8-4-2-6-19-8)10(15-16-12)7-3-1-5-18-7/h1-6,11H,(H,14,17)(H,15,16)/t11-/m0/s1. The van der Waals surface area contributed by atoms with Crippen LogP contribution < -0.4 is 5.32 Å². The first-order valence-corrected chi connectivity index (χ1v) is 6.69. The molecular formula is C13H9N3O2S. The van der Waals surface area contributed by atoms with E-state index in [9.17, 15) is 4.79 Å². The SMILES string of the molecule is O=C1N[C@@H](c2cccs2)c2c1n[nH]c2-c1ccco1. The maximum absolute atomic E-state index is 11.9. The van der Waals surface area contributed by atoms with Gasteiger partial charge < -0.3 is 9.73 Å². The Balaban J connectivity index is 1.91. The van der Waals surface area contributed by atoms with Crippen LogP contribution in [0.2, 0.25) is 0 Å². The number of carbonyl (C=O) groups excluding carboxylic acids is 1. The maximum Gasteiger partial charge on any atom is 0.272 e. The second-order valence-electron chi connectivity index (χ2n) is 4.26. The zero-order chi connectivity index (χ0) is 12.8. The Hall–Kier alpha value is -2.34. The summed E-state index contributed by atoms with van der Waals surface area (Å²) in [6, 6.07) is 7.48. The normalized spacial score (nSPS) is 17.5. The largest absolute Gasteiger partial charge is 0.463 e. The van der Waals surface area contributed by atoms with Gasteiger partial charge in [-0.15, -0.1) is 11.3 Å². The highest BCUT2D eigenvalue weighted by Crippen LogP contribution is 2.38. The molecule has 0 bridgehead atoms. The molecule has 1 aliphatic rings. The minimum atomic E-state index is -0.152. The molecule has 4 rings (SSSR count). The van der Waals surface area contributed by atoms with E-state index in [2.05, 4.69) is 15.5 Å². The van der Waals surface area contributed by atoms with E-state index in [4.69, 9.17) is 4.42 Å². The Labute approximate surface area is 112 Å². The van der Waals surface area contributed by atoms with E-state index in [1.54, 1.807) is 17.6 Å². The molecule has 19 heavy (non-hydrogen) atoms. The van der Waals surface area contributed by atoms with Gasteiger partial charge >= 0.3 is 0 Å². The third-order valence-electron chi connectivity index (χ3n) is 3.18. The van der Waals surface area contributed by atoms with E-state index >= 15 is 0 Å². The average Bonchev–Trinajstić information content (AvgIpc) is 3.16. The van der Waals surface area contributed by atoms with Gasteiger partial charge in [-0.2, -0.15) is 5.10 Å². The lowest BCUT2D eigenvalue weighted by Crippen LogP contribution is -2.20. The Morgan fingerprint density at radius 1 is 1.32 bits per heavy atom. The second kappa shape index (κ2) is 3.83. The van der Waals surface area contributed by atoms with Crippen molar-refractivity contribution < 1.29 is 9.21 Å². The van der Waals surface area contributed by atoms with E-state index in [1.165, 1.54) is 0 Å². The van der Waals surface area contributed by atoms with Crippen LogP contribution in [0.15, 0.2) is 40.3 Å². The minimum absolute atomic E-state index is 0.151. The van der Waals surface area contributed by atoms with Crippen LogP contribution in [-0.4, -0.2) is 16.1 Å². The first kappa shape index (κ1) is 10.6. The minimum Gasteiger partial charge on any atom is -0.463 e. The van der Waals surface area contributed by atoms with Crippen molar-refractivity contribution >= 4 is 17.2 Å². The Bertz CT molecular complexity index is 728. The number of H-pyrrole nitrogens is 1. The Morgan fingerprint density at radius 2 is 2.26 bits per heavy atom. The molecule has 6 heteroatoms. The summed E-state index contributed by atoms with van der Waals surface area (Å²) in [5.74, 6) is 0.536. The van der Waals surface area contributed by atoms with Gasteiger partial charge in [0.2, 0.25) is 0 Å². The van der Waals surface area contributed by atoms with E-state index in [1.807, 2.05) is 29.6 Å². The number of hydrogen-bond donors (Lipinski definition) is 2. The molecule has 0 radical (unpaired) electrons. The fraction of sp³-hybridized carbons (Fsp3) is 0.0769. The number of furan rings is 1. The molecule has 0 unspecified atom stereocenters. The number of hydrogen-bond acceptors (Lipinski definition) is 4. The molecular weight excluding hydrogens is 262 g/mol. The zero-order valence-electron chi connectivity index (χ0n) is 9.71. The fourth-order valence-electron chi connectivity index (χ4n) is 2.35. The van der Waals surface area contributed by atoms with Crippen LogP contribution in [0.1, 0.15) is 27.0 Å². The number of fused-ring (bicyclic) bond motifs is 1. The van der Waals surface area contributed by atoms with Crippen LogP contribution in [-0.2, 0) is 0 Å². The lowest BCUT2D eigenvalue weighted by molar-refractivity contribution is 0.0956. The summed E-state index contributed by atoms with van der Waals surface area (Å²) in [5.41, 5.74) is 2.07. The molecule has 1 atom stereocenters. The number of aromatic nitrogens is 2. The smallest absolute Gasteiger partial charge is 0.272 e. The molecule has 3 aromatic heterocycles. The van der Waals surface area contributed by atoms with Gasteiger partial charge in [0.15, 0.2) is 11.5 Å². The summed E-state index contributed by atoms with van der Waals surface area (Å²) in [7, 11) is 0. The number of rotatable bonds is 2. The van der Waals surface area contributed by atoms with Crippen LogP contribution in [0.4, 0.5) is 0 Å². The summed E-state index contributed by atoms with van der Waals surface area (Å²) in [4.78, 5) is 13.0. The molecule has 94 valence electrons. The zero-order valence-corrected chi connectivity index (χ0v) is 10.5. The van der Waals surface area contributed by atoms with Gasteiger partial charge in [0, 0.05) is 10.4 Å². The molecule has 1 aliphatic heterocycles. The third-order valence-corrected chi connectivity index (χ3v) is 4.12. The Morgan fingerprint density at radius 3 is 3.00 bits per heavy atom. The predicted molar refractivity (Wildman–Crippen MR) is 69.9 cm³/mol. The van der Waals surface area contributed by atoms with Crippen LogP contribution in [0, 0.1) is 0 Å². The molecule has 0 aromatic carbocycles. The van der Waals surface area contributed by atoms with Crippen molar-refractivity contribution in [2.45, 2.75) is 6.04 Å². The van der Waals surface area contributed by atoms with Crippen LogP contribution in [0.5, 0.6) is 0 Å². The van der Waals surface area contributed by atoms with Gasteiger partial charge in [-0.1, -0.05) is 6.07 Å². The van der Waals surface area contributed by atoms with Gasteiger partial charge in [0.25, 0.3) is 5.91 Å². The number of aromatic amines is 1. The lowest BCUT2D eigenvalue weighted by Gasteiger charge is -2.09. The van der Waals surface area contributed by atoms with Gasteiger partial charge in [-0.25, -0.2) is 0 Å². The second-order valence-corrected chi connectivity index (χ2v) is 5.24. The van der Waals surface area contributed by atoms with Crippen molar-refractivity contribution in [2.75, 3.05) is 0 Å². The quantitative estimate of drug-likeness (QED) is 0.752. The molecule has 3 aromatic rings.